The van der Waals surface area contributed by atoms with E-state index in [1.807, 2.05) is 30.5 Å². The highest BCUT2D eigenvalue weighted by atomic mass is 35.5. The zero-order valence-electron chi connectivity index (χ0n) is 22.2. The van der Waals surface area contributed by atoms with Crippen molar-refractivity contribution in [1.82, 2.24) is 14.2 Å². The van der Waals surface area contributed by atoms with Gasteiger partial charge in [0.25, 0.3) is 11.2 Å². The van der Waals surface area contributed by atoms with Crippen molar-refractivity contribution in [1.29, 1.82) is 0 Å². The molecule has 6 aromatic rings. The van der Waals surface area contributed by atoms with E-state index in [0.29, 0.717) is 44.3 Å². The maximum absolute atomic E-state index is 13.6. The van der Waals surface area contributed by atoms with Crippen molar-refractivity contribution >= 4 is 45.4 Å². The second-order valence-electron chi connectivity index (χ2n) is 9.38. The molecule has 0 saturated heterocycles. The second-order valence-corrected chi connectivity index (χ2v) is 9.82. The summed E-state index contributed by atoms with van der Waals surface area (Å²) >= 11 is 6.16. The molecular formula is C30H22ClN5O5. The van der Waals surface area contributed by atoms with Crippen LogP contribution in [-0.4, -0.2) is 32.5 Å². The number of rotatable bonds is 6. The van der Waals surface area contributed by atoms with E-state index in [1.165, 1.54) is 23.9 Å². The van der Waals surface area contributed by atoms with Gasteiger partial charge in [0.05, 0.1) is 34.8 Å². The molecule has 0 aliphatic carbocycles. The van der Waals surface area contributed by atoms with E-state index in [0.717, 1.165) is 16.8 Å². The van der Waals surface area contributed by atoms with Gasteiger partial charge in [0.15, 0.2) is 5.76 Å². The topological polar surface area (TPSA) is 118 Å². The quantitative estimate of drug-likeness (QED) is 0.126. The Morgan fingerprint density at radius 1 is 1.07 bits per heavy atom. The lowest BCUT2D eigenvalue weighted by Gasteiger charge is -2.13. The second kappa shape index (κ2) is 10.1. The van der Waals surface area contributed by atoms with Crippen LogP contribution < -0.4 is 10.3 Å². The highest BCUT2D eigenvalue weighted by Crippen LogP contribution is 2.32. The van der Waals surface area contributed by atoms with Gasteiger partial charge in [-0.2, -0.15) is 9.78 Å². The normalized spacial score (nSPS) is 11.6. The van der Waals surface area contributed by atoms with E-state index in [9.17, 15) is 14.9 Å². The van der Waals surface area contributed by atoms with Crippen molar-refractivity contribution in [2.75, 3.05) is 7.11 Å². The van der Waals surface area contributed by atoms with Crippen LogP contribution in [0, 0.1) is 24.0 Å². The predicted molar refractivity (Wildman–Crippen MR) is 158 cm³/mol. The number of hydrogen-bond acceptors (Lipinski definition) is 7. The maximum atomic E-state index is 13.6. The third-order valence-electron chi connectivity index (χ3n) is 6.85. The summed E-state index contributed by atoms with van der Waals surface area (Å²) in [6.07, 6.45) is 1.56. The number of nitro groups is 1. The molecule has 3 heterocycles. The lowest BCUT2D eigenvalue weighted by atomic mass is 10.2. The van der Waals surface area contributed by atoms with E-state index in [-0.39, 0.29) is 17.1 Å². The molecule has 0 N–H and O–H groups in total. The molecule has 0 bridgehead atoms. The summed E-state index contributed by atoms with van der Waals surface area (Å²) in [4.78, 5) is 29.3. The number of fused-ring (bicyclic) bond motifs is 2. The van der Waals surface area contributed by atoms with Crippen molar-refractivity contribution in [2.24, 2.45) is 5.10 Å². The predicted octanol–water partition coefficient (Wildman–Crippen LogP) is 6.67. The molecule has 6 rings (SSSR count). The van der Waals surface area contributed by atoms with Crippen LogP contribution >= 0.6 is 11.6 Å². The third kappa shape index (κ3) is 4.53. The fourth-order valence-corrected chi connectivity index (χ4v) is 5.07. The van der Waals surface area contributed by atoms with Crippen molar-refractivity contribution in [3.05, 3.63) is 115 Å². The van der Waals surface area contributed by atoms with Gasteiger partial charge in [-0.15, -0.1) is 0 Å². The average Bonchev–Trinajstić information content (AvgIpc) is 3.51. The zero-order valence-corrected chi connectivity index (χ0v) is 22.9. The van der Waals surface area contributed by atoms with Crippen molar-refractivity contribution in [2.45, 2.75) is 13.8 Å². The van der Waals surface area contributed by atoms with Gasteiger partial charge >= 0.3 is 0 Å². The summed E-state index contributed by atoms with van der Waals surface area (Å²) < 4.78 is 14.6. The standard InChI is InChI=1S/C30H22ClN5O5/c1-17-12-20(18(2)34(17)25-15-22(36(38)39)9-11-27(25)40-3)16-32-35-29(33-24-7-5-4-6-23(24)30(35)37)28-14-19-13-21(31)8-10-26(19)41-28/h4-16H,1-3H3. The number of aromatic nitrogens is 3. The molecule has 0 aliphatic heterocycles. The number of furan rings is 1. The molecule has 3 aromatic carbocycles. The Labute approximate surface area is 237 Å². The number of nitrogens with zero attached hydrogens (tertiary/aromatic N) is 5. The molecule has 0 saturated carbocycles. The third-order valence-corrected chi connectivity index (χ3v) is 7.08. The lowest BCUT2D eigenvalue weighted by Crippen LogP contribution is -2.20. The number of ether oxygens (including phenoxy) is 1. The first-order chi connectivity index (χ1) is 19.7. The van der Waals surface area contributed by atoms with Crippen LogP contribution in [0.2, 0.25) is 5.02 Å². The minimum absolute atomic E-state index is 0.0610. The summed E-state index contributed by atoms with van der Waals surface area (Å²) in [6, 6.07) is 20.3. The average molecular weight is 568 g/mol. The number of nitro benzene ring substituents is 1. The van der Waals surface area contributed by atoms with Gasteiger partial charge in [0, 0.05) is 39.5 Å². The number of halogens is 1. The smallest absolute Gasteiger partial charge is 0.282 e. The maximum Gasteiger partial charge on any atom is 0.282 e. The van der Waals surface area contributed by atoms with Crippen LogP contribution in [0.25, 0.3) is 39.1 Å². The Balaban J connectivity index is 1.51. The molecule has 0 aliphatic rings. The van der Waals surface area contributed by atoms with E-state index >= 15 is 0 Å². The van der Waals surface area contributed by atoms with Crippen molar-refractivity contribution < 1.29 is 14.1 Å². The largest absolute Gasteiger partial charge is 0.495 e. The highest BCUT2D eigenvalue weighted by molar-refractivity contribution is 6.31. The summed E-state index contributed by atoms with van der Waals surface area (Å²) in [5.74, 6) is 1.06. The lowest BCUT2D eigenvalue weighted by molar-refractivity contribution is -0.384. The van der Waals surface area contributed by atoms with Crippen LogP contribution in [0.15, 0.2) is 87.1 Å². The van der Waals surface area contributed by atoms with Gasteiger partial charge in [-0.05, 0) is 62.4 Å². The van der Waals surface area contributed by atoms with Gasteiger partial charge in [-0.3, -0.25) is 14.9 Å². The molecule has 10 nitrogen and oxygen atoms in total. The van der Waals surface area contributed by atoms with E-state index in [1.54, 1.807) is 54.7 Å². The van der Waals surface area contributed by atoms with E-state index in [4.69, 9.17) is 25.7 Å². The molecule has 204 valence electrons. The molecule has 3 aromatic heterocycles. The van der Waals surface area contributed by atoms with Crippen LogP contribution in [0.4, 0.5) is 5.69 Å². The minimum atomic E-state index is -0.452. The monoisotopic (exact) mass is 567 g/mol. The molecule has 0 spiro atoms. The first-order valence-electron chi connectivity index (χ1n) is 12.5. The summed E-state index contributed by atoms with van der Waals surface area (Å²) in [5, 5.41) is 17.7. The summed E-state index contributed by atoms with van der Waals surface area (Å²) in [6.45, 7) is 3.73. The molecule has 0 amide bonds. The minimum Gasteiger partial charge on any atom is -0.495 e. The number of non-ortho nitro benzene ring substituents is 1. The number of methoxy groups -OCH3 is 1. The fraction of sp³-hybridized carbons (Fsp3) is 0.100. The number of benzene rings is 3. The Morgan fingerprint density at radius 2 is 1.88 bits per heavy atom. The zero-order chi connectivity index (χ0) is 28.8. The van der Waals surface area contributed by atoms with E-state index < -0.39 is 4.92 Å². The summed E-state index contributed by atoms with van der Waals surface area (Å²) in [7, 11) is 1.51. The Morgan fingerprint density at radius 3 is 2.66 bits per heavy atom. The van der Waals surface area contributed by atoms with Gasteiger partial charge in [0.1, 0.15) is 11.3 Å². The Hall–Kier alpha value is -5.22. The number of aryl methyl sites for hydroxylation is 1. The molecule has 0 radical (unpaired) electrons. The molecule has 0 atom stereocenters. The Kier molecular flexibility index (Phi) is 6.39. The summed E-state index contributed by atoms with van der Waals surface area (Å²) in [5.41, 5.74) is 3.42. The fourth-order valence-electron chi connectivity index (χ4n) is 4.89. The van der Waals surface area contributed by atoms with Gasteiger partial charge in [-0.25, -0.2) is 4.98 Å². The van der Waals surface area contributed by atoms with Crippen LogP contribution in [-0.2, 0) is 0 Å². The molecule has 41 heavy (non-hydrogen) atoms. The first-order valence-corrected chi connectivity index (χ1v) is 12.9. The highest BCUT2D eigenvalue weighted by Gasteiger charge is 2.19. The number of hydrogen-bond donors (Lipinski definition) is 0. The van der Waals surface area contributed by atoms with Gasteiger partial charge in [-0.1, -0.05) is 23.7 Å². The van der Waals surface area contributed by atoms with Gasteiger partial charge in [0.2, 0.25) is 5.82 Å². The Bertz CT molecular complexity index is 2090. The van der Waals surface area contributed by atoms with Crippen LogP contribution in [0.3, 0.4) is 0 Å². The van der Waals surface area contributed by atoms with Crippen molar-refractivity contribution in [3.63, 3.8) is 0 Å². The molecular weight excluding hydrogens is 546 g/mol. The van der Waals surface area contributed by atoms with Gasteiger partial charge < -0.3 is 13.7 Å². The SMILES string of the molecule is COc1ccc([N+](=O)[O-])cc1-n1c(C)cc(C=Nn2c(-c3cc4cc(Cl)ccc4o3)nc3ccccc3c2=O)c1C. The van der Waals surface area contributed by atoms with E-state index in [2.05, 4.69) is 5.10 Å². The van der Waals surface area contributed by atoms with Crippen LogP contribution in [0.5, 0.6) is 5.75 Å². The molecule has 0 unspecified atom stereocenters. The van der Waals surface area contributed by atoms with Crippen LogP contribution in [0.1, 0.15) is 17.0 Å². The number of para-hydroxylation sites is 1. The molecule has 0 fully saturated rings. The first kappa shape index (κ1) is 26.0. The van der Waals surface area contributed by atoms with Crippen molar-refractivity contribution in [3.8, 4) is 23.0 Å². The molecule has 11 heteroatoms.